The van der Waals surface area contributed by atoms with Gasteiger partial charge in [0.1, 0.15) is 0 Å². The molecule has 1 heteroatoms. The summed E-state index contributed by atoms with van der Waals surface area (Å²) >= 11 is 3.57. The van der Waals surface area contributed by atoms with Gasteiger partial charge in [-0.1, -0.05) is 175 Å². The number of fused-ring (bicyclic) bond motifs is 3. The predicted molar refractivity (Wildman–Crippen MR) is 174 cm³/mol. The Balaban J connectivity index is 1.75. The summed E-state index contributed by atoms with van der Waals surface area (Å²) in [5.74, 6) is 0. The summed E-state index contributed by atoms with van der Waals surface area (Å²) in [5, 5.41) is 1.16. The summed E-state index contributed by atoms with van der Waals surface area (Å²) in [6.07, 6.45) is 28.7. The number of benzene rings is 2. The van der Waals surface area contributed by atoms with Gasteiger partial charge < -0.3 is 0 Å². The molecule has 1 aliphatic rings. The largest absolute Gasteiger partial charge is 0.0928 e. The maximum Gasteiger partial charge on any atom is 0.0215 e. The fraction of sp³-hybridized carbons (Fsp3) is 0.676. The van der Waals surface area contributed by atoms with Crippen molar-refractivity contribution in [2.75, 3.05) is 5.33 Å². The lowest BCUT2D eigenvalue weighted by Crippen LogP contribution is -2.25. The van der Waals surface area contributed by atoms with Crippen LogP contribution >= 0.6 is 15.9 Å². The molecule has 0 aromatic heterocycles. The average Bonchev–Trinajstić information content (AvgIpc) is 3.21. The lowest BCUT2D eigenvalue weighted by Gasteiger charge is -2.33. The minimum atomic E-state index is 0.229. The number of unbranched alkanes of at least 4 members (excludes halogenated alkanes) is 15. The van der Waals surface area contributed by atoms with E-state index in [4.69, 9.17) is 0 Å². The molecule has 0 atom stereocenters. The molecule has 0 saturated carbocycles. The molecule has 0 radical (unpaired) electrons. The smallest absolute Gasteiger partial charge is 0.0215 e. The second-order valence-corrected chi connectivity index (χ2v) is 12.9. The van der Waals surface area contributed by atoms with E-state index in [9.17, 15) is 0 Å². The highest BCUT2D eigenvalue weighted by Gasteiger charge is 2.42. The van der Waals surface area contributed by atoms with Crippen molar-refractivity contribution in [1.82, 2.24) is 0 Å². The minimum Gasteiger partial charge on any atom is -0.0928 e. The number of rotatable bonds is 22. The van der Waals surface area contributed by atoms with Gasteiger partial charge in [-0.25, -0.2) is 0 Å². The molecule has 38 heavy (non-hydrogen) atoms. The van der Waals surface area contributed by atoms with Crippen molar-refractivity contribution in [2.24, 2.45) is 0 Å². The van der Waals surface area contributed by atoms with Crippen molar-refractivity contribution in [1.29, 1.82) is 0 Å². The van der Waals surface area contributed by atoms with E-state index in [1.165, 1.54) is 146 Å². The van der Waals surface area contributed by atoms with E-state index in [1.54, 1.807) is 16.7 Å². The van der Waals surface area contributed by atoms with E-state index in [-0.39, 0.29) is 5.41 Å². The summed E-state index contributed by atoms with van der Waals surface area (Å²) in [6.45, 7) is 4.65. The van der Waals surface area contributed by atoms with Gasteiger partial charge in [0.15, 0.2) is 0 Å². The molecular weight excluding hydrogens is 524 g/mol. The van der Waals surface area contributed by atoms with Crippen LogP contribution in [-0.4, -0.2) is 5.33 Å². The molecule has 2 aromatic rings. The SMILES string of the molecule is CCCCCCCCC1(CCCCCCCC)c2ccccc2-c2ccc(CCCCCCCCBr)cc21. The molecule has 1 aliphatic carbocycles. The second kappa shape index (κ2) is 18.3. The van der Waals surface area contributed by atoms with Crippen LogP contribution in [-0.2, 0) is 11.8 Å². The second-order valence-electron chi connectivity index (χ2n) is 12.1. The number of hydrogen-bond donors (Lipinski definition) is 0. The molecule has 0 spiro atoms. The van der Waals surface area contributed by atoms with Gasteiger partial charge >= 0.3 is 0 Å². The molecule has 0 aliphatic heterocycles. The third-order valence-corrected chi connectivity index (χ3v) is 9.66. The number of alkyl halides is 1. The lowest BCUT2D eigenvalue weighted by molar-refractivity contribution is 0.397. The normalized spacial score (nSPS) is 13.6. The maximum atomic E-state index is 3.57. The number of halogens is 1. The summed E-state index contributed by atoms with van der Waals surface area (Å²) in [7, 11) is 0. The predicted octanol–water partition coefficient (Wildman–Crippen LogP) is 12.7. The third kappa shape index (κ3) is 9.25. The van der Waals surface area contributed by atoms with Crippen LogP contribution in [0.2, 0.25) is 0 Å². The first-order valence-corrected chi connectivity index (χ1v) is 17.7. The zero-order chi connectivity index (χ0) is 26.9. The van der Waals surface area contributed by atoms with Gasteiger partial charge in [0, 0.05) is 10.7 Å². The van der Waals surface area contributed by atoms with E-state index in [1.807, 2.05) is 0 Å². The van der Waals surface area contributed by atoms with Gasteiger partial charge in [-0.3, -0.25) is 0 Å². The highest BCUT2D eigenvalue weighted by molar-refractivity contribution is 9.09. The Morgan fingerprint density at radius 3 is 1.68 bits per heavy atom. The van der Waals surface area contributed by atoms with Crippen LogP contribution < -0.4 is 0 Å². The monoisotopic (exact) mass is 580 g/mol. The van der Waals surface area contributed by atoms with Gasteiger partial charge in [-0.05, 0) is 59.9 Å². The molecule has 2 aromatic carbocycles. The Kier molecular flexibility index (Phi) is 15.1. The molecule has 0 bridgehead atoms. The van der Waals surface area contributed by atoms with Crippen LogP contribution in [0.15, 0.2) is 42.5 Å². The molecule has 0 nitrogen and oxygen atoms in total. The topological polar surface area (TPSA) is 0 Å². The Labute approximate surface area is 244 Å². The summed E-state index contributed by atoms with van der Waals surface area (Å²) in [4.78, 5) is 0. The summed E-state index contributed by atoms with van der Waals surface area (Å²) < 4.78 is 0. The maximum absolute atomic E-state index is 3.57. The van der Waals surface area contributed by atoms with Crippen molar-refractivity contribution < 1.29 is 0 Å². The highest BCUT2D eigenvalue weighted by Crippen LogP contribution is 2.54. The zero-order valence-electron chi connectivity index (χ0n) is 25.0. The van der Waals surface area contributed by atoms with E-state index >= 15 is 0 Å². The standard InChI is InChI=1S/C37H57Br/c1-3-5-7-9-14-20-28-37(29-21-15-10-8-6-4-2)35-25-19-18-24-33(35)34-27-26-32(31-36(34)37)23-17-13-11-12-16-22-30-38/h18-19,24-27,31H,3-17,20-23,28-30H2,1-2H3. The number of hydrogen-bond acceptors (Lipinski definition) is 0. The number of aryl methyl sites for hydroxylation is 1. The van der Waals surface area contributed by atoms with Crippen LogP contribution in [0.1, 0.15) is 159 Å². The Hall–Kier alpha value is -1.08. The molecule has 212 valence electrons. The Morgan fingerprint density at radius 2 is 1.05 bits per heavy atom. The molecule has 0 saturated heterocycles. The van der Waals surface area contributed by atoms with Gasteiger partial charge in [-0.2, -0.15) is 0 Å². The lowest BCUT2D eigenvalue weighted by atomic mass is 9.70. The first-order valence-electron chi connectivity index (χ1n) is 16.6. The van der Waals surface area contributed by atoms with Gasteiger partial charge in [0.05, 0.1) is 0 Å². The van der Waals surface area contributed by atoms with E-state index in [0.29, 0.717) is 0 Å². The molecule has 0 N–H and O–H groups in total. The van der Waals surface area contributed by atoms with Crippen LogP contribution in [0, 0.1) is 0 Å². The molecule has 0 amide bonds. The fourth-order valence-corrected chi connectivity index (χ4v) is 7.26. The first-order chi connectivity index (χ1) is 18.8. The summed E-state index contributed by atoms with van der Waals surface area (Å²) in [5.41, 5.74) is 8.19. The van der Waals surface area contributed by atoms with Crippen LogP contribution in [0.5, 0.6) is 0 Å². The summed E-state index contributed by atoms with van der Waals surface area (Å²) in [6, 6.07) is 17.1. The van der Waals surface area contributed by atoms with Crippen LogP contribution in [0.3, 0.4) is 0 Å². The molecule has 0 unspecified atom stereocenters. The molecule has 0 fully saturated rings. The van der Waals surface area contributed by atoms with Crippen molar-refractivity contribution in [2.45, 2.75) is 154 Å². The van der Waals surface area contributed by atoms with Gasteiger partial charge in [-0.15, -0.1) is 0 Å². The Bertz CT molecular complexity index is 881. The fourth-order valence-electron chi connectivity index (χ4n) is 6.87. The molecule has 0 heterocycles. The van der Waals surface area contributed by atoms with Crippen molar-refractivity contribution >= 4 is 15.9 Å². The van der Waals surface area contributed by atoms with Crippen LogP contribution in [0.25, 0.3) is 11.1 Å². The molecular formula is C37H57Br. The van der Waals surface area contributed by atoms with Crippen molar-refractivity contribution in [3.8, 4) is 11.1 Å². The van der Waals surface area contributed by atoms with E-state index < -0.39 is 0 Å². The average molecular weight is 582 g/mol. The third-order valence-electron chi connectivity index (χ3n) is 9.10. The minimum absolute atomic E-state index is 0.229. The van der Waals surface area contributed by atoms with Crippen molar-refractivity contribution in [3.05, 3.63) is 59.2 Å². The van der Waals surface area contributed by atoms with Gasteiger partial charge in [0.25, 0.3) is 0 Å². The van der Waals surface area contributed by atoms with E-state index in [2.05, 4.69) is 72.2 Å². The Morgan fingerprint density at radius 1 is 0.526 bits per heavy atom. The highest BCUT2D eigenvalue weighted by atomic mass is 79.9. The molecule has 3 rings (SSSR count). The van der Waals surface area contributed by atoms with Crippen LogP contribution in [0.4, 0.5) is 0 Å². The van der Waals surface area contributed by atoms with E-state index in [0.717, 1.165) is 5.33 Å². The first kappa shape index (κ1) is 31.4. The van der Waals surface area contributed by atoms with Gasteiger partial charge in [0.2, 0.25) is 0 Å². The quantitative estimate of drug-likeness (QED) is 0.0958. The van der Waals surface area contributed by atoms with Crippen molar-refractivity contribution in [3.63, 3.8) is 0 Å². The zero-order valence-corrected chi connectivity index (χ0v) is 26.6.